The monoisotopic (exact) mass is 431 g/mol. The van der Waals surface area contributed by atoms with Gasteiger partial charge in [0.05, 0.1) is 12.6 Å². The minimum absolute atomic E-state index is 0.00363. The fourth-order valence-electron chi connectivity index (χ4n) is 2.97. The maximum atomic E-state index is 12.7. The molecule has 6 nitrogen and oxygen atoms in total. The lowest BCUT2D eigenvalue weighted by Gasteiger charge is -2.28. The average Bonchev–Trinajstić information content (AvgIpc) is 2.74. The topological polar surface area (TPSA) is 61.9 Å². The molecular formula is C23H30ClN3O3. The van der Waals surface area contributed by atoms with Crippen LogP contribution in [0.25, 0.3) is 0 Å². The summed E-state index contributed by atoms with van der Waals surface area (Å²) < 4.78 is 5.69. The number of para-hydroxylation sites is 1. The van der Waals surface area contributed by atoms with Crippen LogP contribution in [0, 0.1) is 0 Å². The highest BCUT2D eigenvalue weighted by Crippen LogP contribution is 2.16. The van der Waals surface area contributed by atoms with Gasteiger partial charge in [-0.1, -0.05) is 36.7 Å². The first-order valence-corrected chi connectivity index (χ1v) is 10.4. The van der Waals surface area contributed by atoms with Gasteiger partial charge in [-0.3, -0.25) is 14.5 Å². The zero-order valence-electron chi connectivity index (χ0n) is 18.0. The van der Waals surface area contributed by atoms with Gasteiger partial charge < -0.3 is 15.0 Å². The molecule has 0 bridgehead atoms. The quantitative estimate of drug-likeness (QED) is 0.623. The zero-order chi connectivity index (χ0) is 22.1. The number of likely N-dealkylation sites (N-methyl/N-ethyl adjacent to an activating group) is 2. The number of hydrogen-bond acceptors (Lipinski definition) is 4. The van der Waals surface area contributed by atoms with Crippen molar-refractivity contribution in [3.63, 3.8) is 0 Å². The Kier molecular flexibility index (Phi) is 9.15. The molecule has 0 radical (unpaired) electrons. The Morgan fingerprint density at radius 2 is 1.77 bits per heavy atom. The van der Waals surface area contributed by atoms with Crippen molar-refractivity contribution in [2.45, 2.75) is 26.3 Å². The second kappa shape index (κ2) is 11.6. The van der Waals surface area contributed by atoms with E-state index in [1.165, 1.54) is 4.90 Å². The van der Waals surface area contributed by atoms with Crippen molar-refractivity contribution in [1.82, 2.24) is 9.80 Å². The van der Waals surface area contributed by atoms with Crippen molar-refractivity contribution in [1.29, 1.82) is 0 Å². The van der Waals surface area contributed by atoms with Crippen molar-refractivity contribution in [2.75, 3.05) is 39.1 Å². The van der Waals surface area contributed by atoms with E-state index in [1.807, 2.05) is 50.1 Å². The number of aryl methyl sites for hydroxylation is 1. The van der Waals surface area contributed by atoms with Crippen molar-refractivity contribution in [3.8, 4) is 5.75 Å². The summed E-state index contributed by atoms with van der Waals surface area (Å²) in [6, 6.07) is 14.4. The van der Waals surface area contributed by atoms with E-state index in [2.05, 4.69) is 5.32 Å². The first-order valence-electron chi connectivity index (χ1n) is 10.0. The van der Waals surface area contributed by atoms with Crippen LogP contribution in [0.4, 0.5) is 5.69 Å². The van der Waals surface area contributed by atoms with E-state index >= 15 is 0 Å². The van der Waals surface area contributed by atoms with E-state index in [1.54, 1.807) is 31.3 Å². The van der Waals surface area contributed by atoms with Gasteiger partial charge in [-0.2, -0.15) is 0 Å². The number of nitrogens with one attached hydrogen (secondary N) is 1. The standard InChI is InChI=1S/C23H30ClN3O3/c1-5-18-8-6-7-9-21(18)25-22(28)16-27(4)23(29)17(2)26(3)14-15-30-20-12-10-19(24)11-13-20/h6-13,17H,5,14-16H2,1-4H3,(H,25,28)/t17-/m0/s1. The molecule has 30 heavy (non-hydrogen) atoms. The lowest BCUT2D eigenvalue weighted by molar-refractivity contribution is -0.137. The van der Waals surface area contributed by atoms with Crippen molar-refractivity contribution in [2.24, 2.45) is 0 Å². The third-order valence-corrected chi connectivity index (χ3v) is 5.23. The molecule has 0 aliphatic carbocycles. The molecule has 2 amide bonds. The number of ether oxygens (including phenoxy) is 1. The third-order valence-electron chi connectivity index (χ3n) is 4.97. The summed E-state index contributed by atoms with van der Waals surface area (Å²) in [5.74, 6) is 0.392. The third kappa shape index (κ3) is 7.04. The van der Waals surface area contributed by atoms with E-state index in [0.717, 1.165) is 23.4 Å². The van der Waals surface area contributed by atoms with Crippen molar-refractivity contribution >= 4 is 29.1 Å². The zero-order valence-corrected chi connectivity index (χ0v) is 18.8. The molecule has 162 valence electrons. The molecule has 0 saturated carbocycles. The maximum Gasteiger partial charge on any atom is 0.243 e. The number of halogens is 1. The van der Waals surface area contributed by atoms with Gasteiger partial charge in [-0.05, 0) is 56.3 Å². The second-order valence-electron chi connectivity index (χ2n) is 7.21. The Balaban J connectivity index is 1.80. The summed E-state index contributed by atoms with van der Waals surface area (Å²) in [6.07, 6.45) is 0.825. The summed E-state index contributed by atoms with van der Waals surface area (Å²) in [5.41, 5.74) is 1.85. The van der Waals surface area contributed by atoms with Crippen LogP contribution in [-0.4, -0.2) is 61.4 Å². The lowest BCUT2D eigenvalue weighted by Crippen LogP contribution is -2.47. The minimum Gasteiger partial charge on any atom is -0.492 e. The highest BCUT2D eigenvalue weighted by atomic mass is 35.5. The number of amides is 2. The Morgan fingerprint density at radius 1 is 1.10 bits per heavy atom. The van der Waals surface area contributed by atoms with E-state index in [9.17, 15) is 9.59 Å². The normalized spacial score (nSPS) is 11.8. The molecule has 0 aliphatic heterocycles. The van der Waals surface area contributed by atoms with Gasteiger partial charge in [0.25, 0.3) is 0 Å². The Labute approximate surface area is 183 Å². The highest BCUT2D eigenvalue weighted by Gasteiger charge is 2.23. The number of nitrogens with zero attached hydrogens (tertiary/aromatic N) is 2. The molecule has 7 heteroatoms. The van der Waals surface area contributed by atoms with Crippen molar-refractivity contribution in [3.05, 3.63) is 59.1 Å². The highest BCUT2D eigenvalue weighted by molar-refractivity contribution is 6.30. The molecule has 0 unspecified atom stereocenters. The Morgan fingerprint density at radius 3 is 2.43 bits per heavy atom. The van der Waals surface area contributed by atoms with Gasteiger partial charge in [0.15, 0.2) is 0 Å². The van der Waals surface area contributed by atoms with Crippen LogP contribution in [0.2, 0.25) is 5.02 Å². The molecule has 2 aromatic carbocycles. The van der Waals surface area contributed by atoms with Crippen LogP contribution in [0.15, 0.2) is 48.5 Å². The van der Waals surface area contributed by atoms with E-state index in [0.29, 0.717) is 18.2 Å². The molecule has 0 aliphatic rings. The minimum atomic E-state index is -0.375. The first-order chi connectivity index (χ1) is 14.3. The number of hydrogen-bond donors (Lipinski definition) is 1. The molecule has 0 saturated heterocycles. The van der Waals surface area contributed by atoms with Gasteiger partial charge in [-0.25, -0.2) is 0 Å². The van der Waals surface area contributed by atoms with Crippen LogP contribution in [0.3, 0.4) is 0 Å². The van der Waals surface area contributed by atoms with Gasteiger partial charge >= 0.3 is 0 Å². The lowest BCUT2D eigenvalue weighted by atomic mass is 10.1. The fraction of sp³-hybridized carbons (Fsp3) is 0.391. The fourth-order valence-corrected chi connectivity index (χ4v) is 3.10. The molecule has 1 N–H and O–H groups in total. The summed E-state index contributed by atoms with van der Waals surface area (Å²) in [7, 11) is 3.50. The van der Waals surface area contributed by atoms with E-state index in [4.69, 9.17) is 16.3 Å². The molecule has 0 aromatic heterocycles. The van der Waals surface area contributed by atoms with Crippen molar-refractivity contribution < 1.29 is 14.3 Å². The summed E-state index contributed by atoms with van der Waals surface area (Å²) in [4.78, 5) is 28.5. The molecular weight excluding hydrogens is 402 g/mol. The van der Waals surface area contributed by atoms with Gasteiger partial charge in [0.2, 0.25) is 11.8 Å². The Bertz CT molecular complexity index is 842. The molecule has 1 atom stereocenters. The van der Waals surface area contributed by atoms with Crippen LogP contribution in [-0.2, 0) is 16.0 Å². The summed E-state index contributed by atoms with van der Waals surface area (Å²) in [6.45, 7) is 4.86. The average molecular weight is 432 g/mol. The molecule has 0 heterocycles. The number of carbonyl (C=O) groups is 2. The van der Waals surface area contributed by atoms with Crippen LogP contribution >= 0.6 is 11.6 Å². The number of carbonyl (C=O) groups excluding carboxylic acids is 2. The van der Waals surface area contributed by atoms with Crippen LogP contribution in [0.5, 0.6) is 5.75 Å². The smallest absolute Gasteiger partial charge is 0.243 e. The van der Waals surface area contributed by atoms with Crippen LogP contribution in [0.1, 0.15) is 19.4 Å². The van der Waals surface area contributed by atoms with E-state index < -0.39 is 0 Å². The number of benzene rings is 2. The number of rotatable bonds is 10. The SMILES string of the molecule is CCc1ccccc1NC(=O)CN(C)C(=O)[C@H](C)N(C)CCOc1ccc(Cl)cc1. The Hall–Kier alpha value is -2.57. The maximum absolute atomic E-state index is 12.7. The molecule has 2 aromatic rings. The molecule has 0 fully saturated rings. The summed E-state index contributed by atoms with van der Waals surface area (Å²) >= 11 is 5.86. The predicted molar refractivity (Wildman–Crippen MR) is 121 cm³/mol. The molecule has 0 spiro atoms. The van der Waals surface area contributed by atoms with Crippen LogP contribution < -0.4 is 10.1 Å². The van der Waals surface area contributed by atoms with Gasteiger partial charge in [0, 0.05) is 24.3 Å². The number of anilines is 1. The van der Waals surface area contributed by atoms with E-state index in [-0.39, 0.29) is 24.4 Å². The second-order valence-corrected chi connectivity index (χ2v) is 7.65. The first kappa shape index (κ1) is 23.7. The van der Waals surface area contributed by atoms with Gasteiger partial charge in [-0.15, -0.1) is 0 Å². The molecule has 2 rings (SSSR count). The van der Waals surface area contributed by atoms with Gasteiger partial charge in [0.1, 0.15) is 12.4 Å². The predicted octanol–water partition coefficient (Wildman–Crippen LogP) is 3.70. The summed E-state index contributed by atoms with van der Waals surface area (Å²) in [5, 5.41) is 3.55. The largest absolute Gasteiger partial charge is 0.492 e.